The summed E-state index contributed by atoms with van der Waals surface area (Å²) in [5, 5.41) is 0. The van der Waals surface area contributed by atoms with Crippen molar-refractivity contribution in [2.75, 3.05) is 0 Å². The predicted octanol–water partition coefficient (Wildman–Crippen LogP) is 3.56. The van der Waals surface area contributed by atoms with Gasteiger partial charge in [0.05, 0.1) is 6.42 Å². The molecular formula is C15H24O5. The van der Waals surface area contributed by atoms with Gasteiger partial charge in [0.25, 0.3) is 0 Å². The monoisotopic (exact) mass is 284 g/mol. The molecule has 1 heterocycles. The minimum Gasteiger partial charge on any atom is -0.457 e. The number of carbonyl (C=O) groups excluding carboxylic acids is 3. The molecule has 0 radical (unpaired) electrons. The highest BCUT2D eigenvalue weighted by atomic mass is 16.5. The number of Topliss-reactive ketones (excluding diaryl/α,β-unsaturated/α-hetero) is 1. The first-order valence-electron chi connectivity index (χ1n) is 6.81. The van der Waals surface area contributed by atoms with Crippen molar-refractivity contribution in [1.82, 2.24) is 0 Å². The summed E-state index contributed by atoms with van der Waals surface area (Å²) >= 11 is 0. The van der Waals surface area contributed by atoms with E-state index in [1.165, 1.54) is 13.0 Å². The third kappa shape index (κ3) is 10.1. The molecule has 1 aromatic heterocycles. The van der Waals surface area contributed by atoms with Gasteiger partial charge in [-0.2, -0.15) is 0 Å². The van der Waals surface area contributed by atoms with E-state index in [-0.39, 0.29) is 31.0 Å². The van der Waals surface area contributed by atoms with Crippen LogP contribution in [0.1, 0.15) is 63.8 Å². The van der Waals surface area contributed by atoms with Crippen LogP contribution in [0, 0.1) is 0 Å². The summed E-state index contributed by atoms with van der Waals surface area (Å²) in [4.78, 5) is 32.0. The minimum atomic E-state index is -0.459. The van der Waals surface area contributed by atoms with Crippen LogP contribution in [0.3, 0.4) is 0 Å². The summed E-state index contributed by atoms with van der Waals surface area (Å²) in [6.45, 7) is 9.39. The van der Waals surface area contributed by atoms with E-state index < -0.39 is 5.97 Å². The lowest BCUT2D eigenvalue weighted by Gasteiger charge is -2.01. The Morgan fingerprint density at radius 3 is 2.20 bits per heavy atom. The average Bonchev–Trinajstić information content (AvgIpc) is 2.95. The molecule has 0 saturated heterocycles. The normalized spacial score (nSPS) is 8.45. The van der Waals surface area contributed by atoms with Crippen molar-refractivity contribution in [3.8, 4) is 0 Å². The molecule has 0 aliphatic heterocycles. The van der Waals surface area contributed by atoms with Crippen LogP contribution in [0.15, 0.2) is 16.5 Å². The summed E-state index contributed by atoms with van der Waals surface area (Å²) in [5.41, 5.74) is 0. The van der Waals surface area contributed by atoms with Gasteiger partial charge in [0, 0.05) is 6.42 Å². The van der Waals surface area contributed by atoms with Crippen LogP contribution in [0.5, 0.6) is 0 Å². The molecule has 1 aromatic rings. The Bertz CT molecular complexity index is 393. The Labute approximate surface area is 120 Å². The molecule has 0 bridgehead atoms. The number of carbonyl (C=O) groups is 3. The summed E-state index contributed by atoms with van der Waals surface area (Å²) in [7, 11) is 0. The zero-order valence-corrected chi connectivity index (χ0v) is 12.9. The van der Waals surface area contributed by atoms with Gasteiger partial charge in [-0.15, -0.1) is 0 Å². The quantitative estimate of drug-likeness (QED) is 0.590. The largest absolute Gasteiger partial charge is 0.457 e. The van der Waals surface area contributed by atoms with Crippen molar-refractivity contribution in [3.63, 3.8) is 0 Å². The Kier molecular flexibility index (Phi) is 13.8. The number of aldehydes is 1. The second kappa shape index (κ2) is 13.5. The highest BCUT2D eigenvalue weighted by Crippen LogP contribution is 2.07. The van der Waals surface area contributed by atoms with E-state index in [9.17, 15) is 14.4 Å². The van der Waals surface area contributed by atoms with E-state index >= 15 is 0 Å². The lowest BCUT2D eigenvalue weighted by atomic mass is 10.2. The second-order valence-corrected chi connectivity index (χ2v) is 3.28. The maximum absolute atomic E-state index is 11.1. The molecule has 0 unspecified atom stereocenters. The Balaban J connectivity index is 0. The minimum absolute atomic E-state index is 0.0232. The highest BCUT2D eigenvalue weighted by molar-refractivity contribution is 5.80. The zero-order chi connectivity index (χ0) is 16.0. The summed E-state index contributed by atoms with van der Waals surface area (Å²) in [6.07, 6.45) is 0.814. The van der Waals surface area contributed by atoms with Gasteiger partial charge in [0.15, 0.2) is 12.0 Å². The lowest BCUT2D eigenvalue weighted by Crippen LogP contribution is -2.06. The number of hydrogen-bond donors (Lipinski definition) is 0. The molecule has 1 rings (SSSR count). The topological polar surface area (TPSA) is 73.6 Å². The lowest BCUT2D eigenvalue weighted by molar-refractivity contribution is -0.146. The maximum Gasteiger partial charge on any atom is 0.306 e. The van der Waals surface area contributed by atoms with Gasteiger partial charge in [-0.3, -0.25) is 9.59 Å². The molecule has 0 N–H and O–H groups in total. The van der Waals surface area contributed by atoms with E-state index in [0.717, 1.165) is 0 Å². The van der Waals surface area contributed by atoms with E-state index in [2.05, 4.69) is 0 Å². The van der Waals surface area contributed by atoms with E-state index in [1.807, 2.05) is 27.7 Å². The molecule has 0 aromatic carbocycles. The zero-order valence-electron chi connectivity index (χ0n) is 12.9. The van der Waals surface area contributed by atoms with Crippen LogP contribution in [0.2, 0.25) is 0 Å². The molecule has 0 spiro atoms. The van der Waals surface area contributed by atoms with Crippen LogP contribution in [-0.2, 0) is 20.9 Å². The summed E-state index contributed by atoms with van der Waals surface area (Å²) < 4.78 is 9.83. The van der Waals surface area contributed by atoms with Crippen LogP contribution in [0.25, 0.3) is 0 Å². The first-order chi connectivity index (χ1) is 9.61. The SMILES string of the molecule is CC.CC.CC(=O)CCC(=O)OCc1ccc(C=O)o1. The molecular weight excluding hydrogens is 260 g/mol. The smallest absolute Gasteiger partial charge is 0.306 e. The number of hydrogen-bond acceptors (Lipinski definition) is 5. The molecule has 0 fully saturated rings. The second-order valence-electron chi connectivity index (χ2n) is 3.28. The fourth-order valence-corrected chi connectivity index (χ4v) is 1.04. The molecule has 114 valence electrons. The molecule has 20 heavy (non-hydrogen) atoms. The fraction of sp³-hybridized carbons (Fsp3) is 0.533. The van der Waals surface area contributed by atoms with Crippen molar-refractivity contribution in [2.45, 2.75) is 54.1 Å². The number of ketones is 1. The third-order valence-electron chi connectivity index (χ3n) is 1.86. The van der Waals surface area contributed by atoms with Crippen LogP contribution in [0.4, 0.5) is 0 Å². The highest BCUT2D eigenvalue weighted by Gasteiger charge is 2.07. The first kappa shape index (κ1) is 20.4. The van der Waals surface area contributed by atoms with Crippen molar-refractivity contribution < 1.29 is 23.5 Å². The predicted molar refractivity (Wildman–Crippen MR) is 76.5 cm³/mol. The Morgan fingerprint density at radius 1 is 1.15 bits per heavy atom. The molecule has 0 atom stereocenters. The van der Waals surface area contributed by atoms with E-state index in [4.69, 9.17) is 9.15 Å². The number of ether oxygens (including phenoxy) is 1. The Hall–Kier alpha value is -1.91. The number of rotatable bonds is 6. The molecule has 5 heteroatoms. The van der Waals surface area contributed by atoms with Crippen molar-refractivity contribution in [3.05, 3.63) is 23.7 Å². The number of esters is 1. The van der Waals surface area contributed by atoms with Gasteiger partial charge in [-0.05, 0) is 19.1 Å². The maximum atomic E-state index is 11.1. The average molecular weight is 284 g/mol. The van der Waals surface area contributed by atoms with Gasteiger partial charge in [-0.25, -0.2) is 0 Å². The standard InChI is InChI=1S/C11H12O5.2C2H6/c1-8(13)2-5-11(14)15-7-10-4-3-9(6-12)16-10;2*1-2/h3-4,6H,2,5,7H2,1H3;2*1-2H3. The van der Waals surface area contributed by atoms with Gasteiger partial charge in [-0.1, -0.05) is 27.7 Å². The van der Waals surface area contributed by atoms with Gasteiger partial charge in [0.1, 0.15) is 18.2 Å². The van der Waals surface area contributed by atoms with E-state index in [1.54, 1.807) is 6.07 Å². The summed E-state index contributed by atoms with van der Waals surface area (Å²) in [5.74, 6) is 0.0745. The van der Waals surface area contributed by atoms with Gasteiger partial charge >= 0.3 is 5.97 Å². The molecule has 0 aliphatic carbocycles. The van der Waals surface area contributed by atoms with E-state index in [0.29, 0.717) is 12.0 Å². The van der Waals surface area contributed by atoms with Crippen molar-refractivity contribution in [2.24, 2.45) is 0 Å². The number of furan rings is 1. The summed E-state index contributed by atoms with van der Waals surface area (Å²) in [6, 6.07) is 3.05. The van der Waals surface area contributed by atoms with Crippen LogP contribution >= 0.6 is 0 Å². The van der Waals surface area contributed by atoms with Crippen molar-refractivity contribution >= 4 is 18.0 Å². The van der Waals surface area contributed by atoms with Crippen LogP contribution < -0.4 is 0 Å². The Morgan fingerprint density at radius 2 is 1.75 bits per heavy atom. The van der Waals surface area contributed by atoms with Crippen molar-refractivity contribution in [1.29, 1.82) is 0 Å². The molecule has 0 aliphatic rings. The fourth-order valence-electron chi connectivity index (χ4n) is 1.04. The molecule has 0 saturated carbocycles. The first-order valence-corrected chi connectivity index (χ1v) is 6.81. The molecule has 0 amide bonds. The van der Waals surface area contributed by atoms with Gasteiger partial charge < -0.3 is 13.9 Å². The van der Waals surface area contributed by atoms with Crippen LogP contribution in [-0.4, -0.2) is 18.0 Å². The molecule has 5 nitrogen and oxygen atoms in total. The third-order valence-corrected chi connectivity index (χ3v) is 1.86. The van der Waals surface area contributed by atoms with Gasteiger partial charge in [0.2, 0.25) is 0 Å².